The number of carboxylic acids is 3. The molecule has 0 aromatic heterocycles. The van der Waals surface area contributed by atoms with Crippen molar-refractivity contribution < 1.29 is 72.7 Å². The molecular formula is C48H52N6O15S3. The molecule has 6 aliphatic heterocycles. The lowest BCUT2D eigenvalue weighted by Gasteiger charge is -2.49. The lowest BCUT2D eigenvalue weighted by atomic mass is 9.96. The van der Waals surface area contributed by atoms with Gasteiger partial charge in [-0.25, -0.2) is 14.4 Å². The highest BCUT2D eigenvalue weighted by Crippen LogP contribution is 2.52. The van der Waals surface area contributed by atoms with E-state index in [0.29, 0.717) is 28.6 Å². The first-order chi connectivity index (χ1) is 34.1. The number of benzene rings is 3. The molecule has 6 heterocycles. The van der Waals surface area contributed by atoms with Crippen LogP contribution in [0.2, 0.25) is 0 Å². The summed E-state index contributed by atoms with van der Waals surface area (Å²) in [5.74, 6) is -3.33. The summed E-state index contributed by atoms with van der Waals surface area (Å²) in [4.78, 5) is 111. The first-order valence-corrected chi connectivity index (χ1v) is 25.2. The lowest BCUT2D eigenvalue weighted by molar-refractivity contribution is -0.161. The number of carbonyl (C=O) groups excluding carboxylic acids is 6. The summed E-state index contributed by atoms with van der Waals surface area (Å²) in [6.07, 6.45) is 0. The number of nitrogens with zero attached hydrogens (tertiary/aromatic N) is 3. The molecule has 3 aromatic carbocycles. The molecule has 72 heavy (non-hydrogen) atoms. The number of thioether (sulfide) groups is 3. The lowest BCUT2D eigenvalue weighted by Crippen LogP contribution is -2.70. The number of hydrogen-bond acceptors (Lipinski definition) is 15. The van der Waals surface area contributed by atoms with Crippen LogP contribution < -0.4 is 30.2 Å². The van der Waals surface area contributed by atoms with E-state index in [1.807, 2.05) is 18.2 Å². The smallest absolute Gasteiger partial charge is 0.352 e. The maximum Gasteiger partial charge on any atom is 0.352 e. The van der Waals surface area contributed by atoms with E-state index in [1.165, 1.54) is 50.0 Å². The normalized spacial score (nSPS) is 25.6. The van der Waals surface area contributed by atoms with Crippen molar-refractivity contribution in [3.8, 4) is 17.2 Å². The van der Waals surface area contributed by atoms with Gasteiger partial charge in [0.2, 0.25) is 11.8 Å². The molecule has 0 radical (unpaired) electrons. The summed E-state index contributed by atoms with van der Waals surface area (Å²) in [7, 11) is 0. The molecule has 6 amide bonds. The number of nitrogens with one attached hydrogen (secondary N) is 3. The topological polar surface area (TPSA) is 288 Å². The van der Waals surface area contributed by atoms with Gasteiger partial charge in [0, 0.05) is 15.2 Å². The highest BCUT2D eigenvalue weighted by Gasteiger charge is 2.65. The number of para-hydroxylation sites is 3. The van der Waals surface area contributed by atoms with Gasteiger partial charge in [0.15, 0.2) is 19.8 Å². The minimum Gasteiger partial charge on any atom is -0.484 e. The van der Waals surface area contributed by atoms with E-state index in [-0.39, 0.29) is 53.5 Å². The number of ether oxygens (including phenoxy) is 3. The Hall–Kier alpha value is -6.92. The molecule has 0 spiro atoms. The minimum absolute atomic E-state index is 0.0229. The highest BCUT2D eigenvalue weighted by atomic mass is 32.2. The van der Waals surface area contributed by atoms with Crippen LogP contribution in [0.25, 0.3) is 0 Å². The Morgan fingerprint density at radius 2 is 0.889 bits per heavy atom. The summed E-state index contributed by atoms with van der Waals surface area (Å²) in [6, 6.07) is 22.8. The van der Waals surface area contributed by atoms with Crippen LogP contribution in [0.5, 0.6) is 17.2 Å². The average molecular weight is 1050 g/mol. The number of rotatable bonds is 15. The Kier molecular flexibility index (Phi) is 16.0. The molecule has 8 atom stereocenters. The van der Waals surface area contributed by atoms with Crippen LogP contribution in [0.3, 0.4) is 0 Å². The van der Waals surface area contributed by atoms with Crippen LogP contribution in [0.4, 0.5) is 0 Å². The van der Waals surface area contributed by atoms with E-state index in [4.69, 9.17) is 14.2 Å². The minimum atomic E-state index is -1.12. The maximum absolute atomic E-state index is 12.2. The predicted octanol–water partition coefficient (Wildman–Crippen LogP) is 2.22. The van der Waals surface area contributed by atoms with E-state index in [2.05, 4.69) is 16.0 Å². The van der Waals surface area contributed by atoms with Crippen LogP contribution >= 0.6 is 35.3 Å². The second-order valence-corrected chi connectivity index (χ2v) is 22.6. The number of hydrogen-bond donors (Lipinski definition) is 6. The van der Waals surface area contributed by atoms with Gasteiger partial charge in [0.1, 0.15) is 69.3 Å². The van der Waals surface area contributed by atoms with Gasteiger partial charge in [-0.05, 0) is 76.6 Å². The SMILES string of the molecule is CC1(C)SC2C(NC(=O)COc3ccccc3)C(=O)N2C1C(=O)O.CC1(C)SC2C(NC(=O)COc3ccccc3)C(=O)N2[C@H]1C(=O)O.CC1=C(C(=O)O)N2C(=O)C(NC(=O)COc3ccccc3)C2SC1. The summed E-state index contributed by atoms with van der Waals surface area (Å²) >= 11 is 4.22. The van der Waals surface area contributed by atoms with E-state index in [9.17, 15) is 58.5 Å². The molecule has 21 nitrogen and oxygen atoms in total. The second kappa shape index (κ2) is 21.8. The molecule has 6 N–H and O–H groups in total. The zero-order valence-corrected chi connectivity index (χ0v) is 41.9. The standard InChI is InChI=1S/2C16H18N2O5S.C16H16N2O5S/c2*1-16(2)12(15(21)22)18-13(20)11(14(18)24-16)17-10(19)8-23-9-6-4-3-5-7-9;1-9-8-24-15-12(14(20)18(15)13(9)16(21)22)17-11(19)7-23-10-5-3-2-4-6-10/h2*3-7,11-12,14H,8H2,1-2H3,(H,17,19)(H,21,22);2-6,12,15H,7-8H2,1H3,(H,17,19)(H,21,22)/t11?,12-,14?;;/m0../s1. The third-order valence-electron chi connectivity index (χ3n) is 12.0. The monoisotopic (exact) mass is 1050 g/mol. The fourth-order valence-electron chi connectivity index (χ4n) is 8.71. The van der Waals surface area contributed by atoms with Crippen molar-refractivity contribution in [2.45, 2.75) is 90.4 Å². The van der Waals surface area contributed by atoms with Crippen LogP contribution in [0.15, 0.2) is 102 Å². The van der Waals surface area contributed by atoms with Gasteiger partial charge in [-0.1, -0.05) is 54.6 Å². The predicted molar refractivity (Wildman–Crippen MR) is 262 cm³/mol. The molecule has 7 unspecified atom stereocenters. The molecule has 24 heteroatoms. The number of aliphatic carboxylic acids is 3. The fourth-order valence-corrected chi connectivity index (χ4v) is 13.3. The largest absolute Gasteiger partial charge is 0.484 e. The van der Waals surface area contributed by atoms with E-state index in [1.54, 1.807) is 107 Å². The molecule has 3 aromatic rings. The molecule has 0 bridgehead atoms. The molecule has 9 rings (SSSR count). The summed E-state index contributed by atoms with van der Waals surface area (Å²) in [5.41, 5.74) is 0.670. The van der Waals surface area contributed by atoms with Crippen molar-refractivity contribution in [2.75, 3.05) is 25.6 Å². The first kappa shape index (κ1) is 52.9. The zero-order chi connectivity index (χ0) is 52.2. The van der Waals surface area contributed by atoms with Crippen molar-refractivity contribution in [3.63, 3.8) is 0 Å². The van der Waals surface area contributed by atoms with Gasteiger partial charge in [0.05, 0.1) is 0 Å². The Morgan fingerprint density at radius 1 is 0.556 bits per heavy atom. The van der Waals surface area contributed by atoms with Crippen molar-refractivity contribution in [2.24, 2.45) is 0 Å². The Bertz CT molecular complexity index is 2530. The molecule has 5 fully saturated rings. The third-order valence-corrected chi connectivity index (χ3v) is 16.6. The van der Waals surface area contributed by atoms with Crippen LogP contribution in [0, 0.1) is 0 Å². The summed E-state index contributed by atoms with van der Waals surface area (Å²) in [5, 5.41) is 34.8. The number of fused-ring (bicyclic) bond motifs is 3. The van der Waals surface area contributed by atoms with E-state index >= 15 is 0 Å². The van der Waals surface area contributed by atoms with Crippen LogP contribution in [-0.4, -0.2) is 165 Å². The summed E-state index contributed by atoms with van der Waals surface area (Å²) < 4.78 is 14.8. The molecule has 0 aliphatic carbocycles. The zero-order valence-electron chi connectivity index (χ0n) is 39.4. The number of β-lactam (4-membered cyclic amide) rings is 3. The average Bonchev–Trinajstić information content (AvgIpc) is 3.77. The van der Waals surface area contributed by atoms with Gasteiger partial charge in [-0.15, -0.1) is 35.3 Å². The first-order valence-electron chi connectivity index (χ1n) is 22.4. The molecule has 5 saturated heterocycles. The van der Waals surface area contributed by atoms with Crippen LogP contribution in [-0.2, 0) is 43.2 Å². The van der Waals surface area contributed by atoms with Gasteiger partial charge in [0.25, 0.3) is 23.6 Å². The Labute approximate surface area is 425 Å². The van der Waals surface area contributed by atoms with Gasteiger partial charge in [-0.3, -0.25) is 33.7 Å². The molecular weight excluding hydrogens is 997 g/mol. The fraction of sp³-hybridized carbons (Fsp3) is 0.396. The van der Waals surface area contributed by atoms with Gasteiger partial charge in [-0.2, -0.15) is 0 Å². The van der Waals surface area contributed by atoms with Gasteiger partial charge >= 0.3 is 17.9 Å². The quantitative estimate of drug-likeness (QED) is 0.119. The molecule has 382 valence electrons. The third kappa shape index (κ3) is 11.2. The number of carbonyl (C=O) groups is 9. The Balaban J connectivity index is 0.000000158. The molecule has 0 saturated carbocycles. The van der Waals surface area contributed by atoms with Crippen LogP contribution in [0.1, 0.15) is 34.6 Å². The van der Waals surface area contributed by atoms with Gasteiger partial charge < -0.3 is 55.3 Å². The molecule has 6 aliphatic rings. The Morgan fingerprint density at radius 3 is 1.21 bits per heavy atom. The number of amides is 6. The highest BCUT2D eigenvalue weighted by molar-refractivity contribution is 8.02. The maximum atomic E-state index is 12.2. The van der Waals surface area contributed by atoms with E-state index in [0.717, 1.165) is 0 Å². The van der Waals surface area contributed by atoms with Crippen molar-refractivity contribution >= 4 is 88.6 Å². The second-order valence-electron chi connectivity index (χ2n) is 18.0. The van der Waals surface area contributed by atoms with Crippen molar-refractivity contribution in [3.05, 3.63) is 102 Å². The van der Waals surface area contributed by atoms with E-state index < -0.39 is 81.2 Å². The van der Waals surface area contributed by atoms with Crippen molar-refractivity contribution in [1.29, 1.82) is 0 Å². The summed E-state index contributed by atoms with van der Waals surface area (Å²) in [6.45, 7) is 8.26. The number of carboxylic acid groups (broad SMARTS) is 3. The van der Waals surface area contributed by atoms with Crippen molar-refractivity contribution in [1.82, 2.24) is 30.7 Å².